The number of nitrogens with one attached hydrogen (secondary N) is 2. The van der Waals surface area contributed by atoms with E-state index in [1.807, 2.05) is 50.2 Å². The molecule has 0 unspecified atom stereocenters. The average molecular weight is 477 g/mol. The second-order valence-electron chi connectivity index (χ2n) is 8.66. The summed E-state index contributed by atoms with van der Waals surface area (Å²) in [5, 5.41) is 18.5. The second kappa shape index (κ2) is 10.0. The van der Waals surface area contributed by atoms with Gasteiger partial charge in [0.25, 0.3) is 0 Å². The lowest BCUT2D eigenvalue weighted by Gasteiger charge is -2.24. The first-order valence-corrected chi connectivity index (χ1v) is 11.5. The number of anilines is 1. The molecule has 0 saturated heterocycles. The van der Waals surface area contributed by atoms with E-state index in [-0.39, 0.29) is 29.8 Å². The first-order chi connectivity index (χ1) is 16.8. The molecule has 0 fully saturated rings. The van der Waals surface area contributed by atoms with Gasteiger partial charge in [-0.25, -0.2) is 9.59 Å². The largest absolute Gasteiger partial charge is 0.477 e. The summed E-state index contributed by atoms with van der Waals surface area (Å²) in [5.74, 6) is -2.03. The minimum atomic E-state index is -1.21. The Bertz CT molecular complexity index is 1220. The molecule has 9 nitrogen and oxygen atoms in total. The number of carboxylic acid groups (broad SMARTS) is 1. The number of hydrogen-bond acceptors (Lipinski definition) is 5. The third-order valence-electron chi connectivity index (χ3n) is 6.52. The van der Waals surface area contributed by atoms with Crippen LogP contribution >= 0.6 is 0 Å². The number of aromatic nitrogens is 2. The Morgan fingerprint density at radius 3 is 2.26 bits per heavy atom. The summed E-state index contributed by atoms with van der Waals surface area (Å²) in [5.41, 5.74) is 4.30. The van der Waals surface area contributed by atoms with Crippen molar-refractivity contribution in [1.82, 2.24) is 15.1 Å². The Labute approximate surface area is 203 Å². The van der Waals surface area contributed by atoms with E-state index in [1.54, 1.807) is 0 Å². The van der Waals surface area contributed by atoms with Gasteiger partial charge < -0.3 is 20.5 Å². The van der Waals surface area contributed by atoms with Crippen molar-refractivity contribution in [2.75, 3.05) is 11.9 Å². The summed E-state index contributed by atoms with van der Waals surface area (Å²) in [6, 6.07) is 15.2. The summed E-state index contributed by atoms with van der Waals surface area (Å²) in [6.07, 6.45) is 1.06. The Balaban J connectivity index is 1.46. The van der Waals surface area contributed by atoms with Gasteiger partial charge in [0.2, 0.25) is 5.91 Å². The molecule has 1 heterocycles. The van der Waals surface area contributed by atoms with Crippen molar-refractivity contribution in [3.8, 4) is 11.1 Å². The fraction of sp³-hybridized carbons (Fsp3) is 0.308. The first-order valence-electron chi connectivity index (χ1n) is 11.5. The van der Waals surface area contributed by atoms with Gasteiger partial charge in [-0.05, 0) is 28.2 Å². The number of fused-ring (bicyclic) bond motifs is 3. The molecule has 1 aliphatic carbocycles. The quantitative estimate of drug-likeness (QED) is 0.452. The average Bonchev–Trinajstić information content (AvgIpc) is 3.38. The van der Waals surface area contributed by atoms with Crippen LogP contribution < -0.4 is 10.6 Å². The van der Waals surface area contributed by atoms with Gasteiger partial charge in [-0.1, -0.05) is 68.8 Å². The van der Waals surface area contributed by atoms with Gasteiger partial charge in [0.15, 0.2) is 0 Å². The predicted octanol–water partition coefficient (Wildman–Crippen LogP) is 4.01. The van der Waals surface area contributed by atoms with Crippen LogP contribution in [-0.2, 0) is 16.6 Å². The Morgan fingerprint density at radius 1 is 1.09 bits per heavy atom. The smallest absolute Gasteiger partial charge is 0.407 e. The number of aromatic carboxylic acids is 1. The number of benzene rings is 2. The van der Waals surface area contributed by atoms with Gasteiger partial charge in [0.05, 0.1) is 6.20 Å². The maximum atomic E-state index is 13.0. The van der Waals surface area contributed by atoms with Gasteiger partial charge >= 0.3 is 12.1 Å². The van der Waals surface area contributed by atoms with Gasteiger partial charge in [-0.2, -0.15) is 5.10 Å². The normalized spacial score (nSPS) is 13.9. The third kappa shape index (κ3) is 4.75. The molecule has 1 aromatic heterocycles. The molecular formula is C26H28N4O5. The highest BCUT2D eigenvalue weighted by molar-refractivity contribution is 6.02. The molecule has 182 valence electrons. The summed E-state index contributed by atoms with van der Waals surface area (Å²) >= 11 is 0. The minimum Gasteiger partial charge on any atom is -0.477 e. The second-order valence-corrected chi connectivity index (χ2v) is 8.66. The number of carboxylic acids is 1. The molecule has 35 heavy (non-hydrogen) atoms. The van der Waals surface area contributed by atoms with E-state index in [2.05, 4.69) is 27.9 Å². The Morgan fingerprint density at radius 2 is 1.69 bits per heavy atom. The van der Waals surface area contributed by atoms with Crippen LogP contribution in [0.3, 0.4) is 0 Å². The number of hydrogen-bond donors (Lipinski definition) is 3. The van der Waals surface area contributed by atoms with Gasteiger partial charge in [-0.15, -0.1) is 0 Å². The zero-order valence-electron chi connectivity index (χ0n) is 19.8. The SMILES string of the molecule is CC[C@H](C)[C@H](NC(=O)OCC1c2ccccc2-c2ccccc21)C(=O)Nc1c(C(=O)O)cnn1C. The number of nitrogens with zero attached hydrogens (tertiary/aromatic N) is 2. The minimum absolute atomic E-state index is 0.0464. The van der Waals surface area contributed by atoms with Crippen molar-refractivity contribution in [2.24, 2.45) is 13.0 Å². The van der Waals surface area contributed by atoms with Crippen molar-refractivity contribution in [3.63, 3.8) is 0 Å². The zero-order chi connectivity index (χ0) is 25.1. The van der Waals surface area contributed by atoms with Crippen molar-refractivity contribution < 1.29 is 24.2 Å². The van der Waals surface area contributed by atoms with Gasteiger partial charge in [0, 0.05) is 13.0 Å². The summed E-state index contributed by atoms with van der Waals surface area (Å²) in [7, 11) is 1.53. The van der Waals surface area contributed by atoms with Crippen molar-refractivity contribution in [1.29, 1.82) is 0 Å². The number of ether oxygens (including phenoxy) is 1. The standard InChI is InChI=1S/C26H28N4O5/c1-4-15(2)22(24(31)29-23-20(25(32)33)13-27-30(23)3)28-26(34)35-14-21-18-11-7-5-9-16(18)17-10-6-8-12-19(17)21/h5-13,15,21-22H,4,14H2,1-3H3,(H,28,34)(H,29,31)(H,32,33)/t15-,22-/m0/s1. The third-order valence-corrected chi connectivity index (χ3v) is 6.52. The molecule has 0 aliphatic heterocycles. The number of carbonyl (C=O) groups excluding carboxylic acids is 2. The van der Waals surface area contributed by atoms with Crippen LogP contribution in [-0.4, -0.2) is 45.5 Å². The highest BCUT2D eigenvalue weighted by atomic mass is 16.5. The van der Waals surface area contributed by atoms with Gasteiger partial charge in [-0.3, -0.25) is 9.48 Å². The van der Waals surface area contributed by atoms with Crippen LogP contribution in [0.15, 0.2) is 54.7 Å². The van der Waals surface area contributed by atoms with Crippen LogP contribution in [0.4, 0.5) is 10.6 Å². The van der Waals surface area contributed by atoms with E-state index in [1.165, 1.54) is 11.7 Å². The molecule has 0 radical (unpaired) electrons. The molecule has 2 aromatic carbocycles. The van der Waals surface area contributed by atoms with E-state index in [4.69, 9.17) is 4.74 Å². The monoisotopic (exact) mass is 476 g/mol. The number of alkyl carbamates (subject to hydrolysis) is 1. The topological polar surface area (TPSA) is 123 Å². The zero-order valence-corrected chi connectivity index (χ0v) is 19.8. The van der Waals surface area contributed by atoms with Crippen molar-refractivity contribution in [2.45, 2.75) is 32.2 Å². The molecule has 3 aromatic rings. The molecule has 9 heteroatoms. The van der Waals surface area contributed by atoms with Gasteiger partial charge in [0.1, 0.15) is 24.0 Å². The van der Waals surface area contributed by atoms with E-state index in [0.717, 1.165) is 28.5 Å². The fourth-order valence-corrected chi connectivity index (χ4v) is 4.41. The number of carbonyl (C=O) groups is 3. The van der Waals surface area contributed by atoms with Crippen LogP contribution in [0.2, 0.25) is 0 Å². The molecule has 0 bridgehead atoms. The molecule has 2 amide bonds. The Hall–Kier alpha value is -4.14. The lowest BCUT2D eigenvalue weighted by molar-refractivity contribution is -0.119. The van der Waals surface area contributed by atoms with E-state index in [0.29, 0.717) is 6.42 Å². The number of rotatable bonds is 8. The summed E-state index contributed by atoms with van der Waals surface area (Å²) < 4.78 is 6.86. The molecular weight excluding hydrogens is 448 g/mol. The maximum absolute atomic E-state index is 13.0. The summed E-state index contributed by atoms with van der Waals surface area (Å²) in [4.78, 5) is 37.3. The molecule has 3 N–H and O–H groups in total. The fourth-order valence-electron chi connectivity index (χ4n) is 4.41. The Kier molecular flexibility index (Phi) is 6.86. The predicted molar refractivity (Wildman–Crippen MR) is 130 cm³/mol. The summed E-state index contributed by atoms with van der Waals surface area (Å²) in [6.45, 7) is 3.85. The molecule has 4 rings (SSSR count). The maximum Gasteiger partial charge on any atom is 0.407 e. The number of aryl methyl sites for hydroxylation is 1. The van der Waals surface area contributed by atoms with Crippen LogP contribution in [0.5, 0.6) is 0 Å². The van der Waals surface area contributed by atoms with E-state index < -0.39 is 24.0 Å². The lowest BCUT2D eigenvalue weighted by Crippen LogP contribution is -2.48. The molecule has 0 saturated carbocycles. The van der Waals surface area contributed by atoms with Crippen LogP contribution in [0.25, 0.3) is 11.1 Å². The number of amides is 2. The molecule has 1 aliphatic rings. The first kappa shape index (κ1) is 24.0. The van der Waals surface area contributed by atoms with Crippen LogP contribution in [0.1, 0.15) is 47.7 Å². The highest BCUT2D eigenvalue weighted by Gasteiger charge is 2.31. The van der Waals surface area contributed by atoms with Crippen LogP contribution in [0, 0.1) is 5.92 Å². The molecule has 2 atom stereocenters. The highest BCUT2D eigenvalue weighted by Crippen LogP contribution is 2.44. The lowest BCUT2D eigenvalue weighted by atomic mass is 9.98. The van der Waals surface area contributed by atoms with E-state index >= 15 is 0 Å². The van der Waals surface area contributed by atoms with Crippen molar-refractivity contribution in [3.05, 3.63) is 71.4 Å². The molecule has 0 spiro atoms. The van der Waals surface area contributed by atoms with E-state index in [9.17, 15) is 19.5 Å². The van der Waals surface area contributed by atoms with Crippen molar-refractivity contribution >= 4 is 23.8 Å².